The molecule has 0 aliphatic rings. The molecule has 156 valence electrons. The van der Waals surface area contributed by atoms with Crippen LogP contribution in [0.4, 0.5) is 5.69 Å². The summed E-state index contributed by atoms with van der Waals surface area (Å²) in [5, 5.41) is 3.54. The van der Waals surface area contributed by atoms with Crippen LogP contribution < -0.4 is 5.32 Å². The molecular formula is C25H22N2O3S. The molecule has 1 unspecified atom stereocenters. The molecule has 1 heterocycles. The summed E-state index contributed by atoms with van der Waals surface area (Å²) >= 11 is 1.51. The van der Waals surface area contributed by atoms with Gasteiger partial charge in [-0.1, -0.05) is 36.4 Å². The van der Waals surface area contributed by atoms with Gasteiger partial charge in [-0.15, -0.1) is 11.3 Å². The van der Waals surface area contributed by atoms with Crippen LogP contribution in [0, 0.1) is 13.8 Å². The minimum absolute atomic E-state index is 0.380. The van der Waals surface area contributed by atoms with Gasteiger partial charge in [-0.2, -0.15) is 0 Å². The summed E-state index contributed by atoms with van der Waals surface area (Å²) in [4.78, 5) is 30.1. The quantitative estimate of drug-likeness (QED) is 0.409. The fourth-order valence-electron chi connectivity index (χ4n) is 3.18. The lowest BCUT2D eigenvalue weighted by atomic mass is 10.1. The van der Waals surface area contributed by atoms with Crippen LogP contribution in [-0.2, 0) is 9.53 Å². The lowest BCUT2D eigenvalue weighted by Gasteiger charge is -2.15. The van der Waals surface area contributed by atoms with E-state index in [9.17, 15) is 9.59 Å². The fourth-order valence-corrected chi connectivity index (χ4v) is 4.18. The zero-order valence-electron chi connectivity index (χ0n) is 17.5. The van der Waals surface area contributed by atoms with Gasteiger partial charge in [-0.3, -0.25) is 4.79 Å². The summed E-state index contributed by atoms with van der Waals surface area (Å²) in [5.41, 5.74) is 4.84. The van der Waals surface area contributed by atoms with E-state index in [1.165, 1.54) is 11.3 Å². The molecule has 0 fully saturated rings. The van der Waals surface area contributed by atoms with Crippen molar-refractivity contribution in [3.8, 4) is 10.6 Å². The highest BCUT2D eigenvalue weighted by Crippen LogP contribution is 2.32. The maximum atomic E-state index is 12.9. The molecule has 0 spiro atoms. The zero-order chi connectivity index (χ0) is 22.0. The molecule has 0 saturated carbocycles. The topological polar surface area (TPSA) is 68.3 Å². The Morgan fingerprint density at radius 1 is 0.968 bits per heavy atom. The Labute approximate surface area is 184 Å². The lowest BCUT2D eigenvalue weighted by Crippen LogP contribution is -2.30. The molecule has 4 rings (SSSR count). The molecule has 1 aromatic heterocycles. The van der Waals surface area contributed by atoms with E-state index in [0.717, 1.165) is 26.4 Å². The van der Waals surface area contributed by atoms with Crippen molar-refractivity contribution in [3.05, 3.63) is 83.4 Å². The molecular weight excluding hydrogens is 408 g/mol. The number of hydrogen-bond donors (Lipinski definition) is 1. The summed E-state index contributed by atoms with van der Waals surface area (Å²) in [7, 11) is 0. The molecule has 1 N–H and O–H groups in total. The van der Waals surface area contributed by atoms with Crippen LogP contribution in [0.1, 0.15) is 28.4 Å². The van der Waals surface area contributed by atoms with Crippen molar-refractivity contribution >= 4 is 39.1 Å². The molecule has 0 saturated heterocycles. The number of aryl methyl sites for hydroxylation is 2. The molecule has 0 aliphatic heterocycles. The smallest absolute Gasteiger partial charge is 0.339 e. The largest absolute Gasteiger partial charge is 0.449 e. The Bertz CT molecular complexity index is 1250. The van der Waals surface area contributed by atoms with E-state index in [-0.39, 0.29) is 5.91 Å². The predicted octanol–water partition coefficient (Wildman–Crippen LogP) is 5.76. The van der Waals surface area contributed by atoms with Crippen LogP contribution in [-0.4, -0.2) is 23.0 Å². The number of thiazole rings is 1. The van der Waals surface area contributed by atoms with Crippen LogP contribution in [0.5, 0.6) is 0 Å². The number of esters is 1. The number of benzene rings is 3. The summed E-state index contributed by atoms with van der Waals surface area (Å²) in [6.07, 6.45) is -0.947. The number of amides is 1. The Morgan fingerprint density at radius 3 is 2.48 bits per heavy atom. The van der Waals surface area contributed by atoms with Crippen LogP contribution in [0.3, 0.4) is 0 Å². The van der Waals surface area contributed by atoms with Crippen molar-refractivity contribution < 1.29 is 14.3 Å². The van der Waals surface area contributed by atoms with Gasteiger partial charge in [0.2, 0.25) is 0 Å². The number of hydrogen-bond acceptors (Lipinski definition) is 5. The number of para-hydroxylation sites is 1. The molecule has 5 nitrogen and oxygen atoms in total. The summed E-state index contributed by atoms with van der Waals surface area (Å²) in [6.45, 7) is 5.55. The van der Waals surface area contributed by atoms with E-state index in [1.54, 1.807) is 19.1 Å². The zero-order valence-corrected chi connectivity index (χ0v) is 18.3. The monoisotopic (exact) mass is 430 g/mol. The van der Waals surface area contributed by atoms with E-state index in [0.29, 0.717) is 16.8 Å². The maximum absolute atomic E-state index is 12.9. The van der Waals surface area contributed by atoms with Crippen molar-refractivity contribution in [2.24, 2.45) is 0 Å². The van der Waals surface area contributed by atoms with Crippen LogP contribution in [0.25, 0.3) is 20.8 Å². The second kappa shape index (κ2) is 8.70. The number of aromatic nitrogens is 1. The van der Waals surface area contributed by atoms with Gasteiger partial charge in [-0.25, -0.2) is 9.78 Å². The third-order valence-electron chi connectivity index (χ3n) is 5.10. The number of carbonyl (C=O) groups is 2. The first kappa shape index (κ1) is 20.8. The number of anilines is 1. The van der Waals surface area contributed by atoms with Gasteiger partial charge < -0.3 is 10.1 Å². The number of fused-ring (bicyclic) bond motifs is 1. The predicted molar refractivity (Wildman–Crippen MR) is 124 cm³/mol. The second-order valence-electron chi connectivity index (χ2n) is 7.37. The molecule has 3 aromatic carbocycles. The Morgan fingerprint density at radius 2 is 1.71 bits per heavy atom. The average Bonchev–Trinajstić information content (AvgIpc) is 3.20. The van der Waals surface area contributed by atoms with Gasteiger partial charge in [0.1, 0.15) is 5.01 Å². The maximum Gasteiger partial charge on any atom is 0.339 e. The fraction of sp³-hybridized carbons (Fsp3) is 0.160. The highest BCUT2D eigenvalue weighted by Gasteiger charge is 2.22. The summed E-state index contributed by atoms with van der Waals surface area (Å²) < 4.78 is 6.53. The van der Waals surface area contributed by atoms with E-state index < -0.39 is 12.1 Å². The molecule has 4 aromatic rings. The molecule has 0 aliphatic carbocycles. The highest BCUT2D eigenvalue weighted by molar-refractivity contribution is 7.21. The van der Waals surface area contributed by atoms with Crippen molar-refractivity contribution in [1.29, 1.82) is 0 Å². The second-order valence-corrected chi connectivity index (χ2v) is 8.40. The normalized spacial score (nSPS) is 11.8. The van der Waals surface area contributed by atoms with Crippen molar-refractivity contribution in [3.63, 3.8) is 0 Å². The van der Waals surface area contributed by atoms with Crippen LogP contribution in [0.2, 0.25) is 0 Å². The van der Waals surface area contributed by atoms with Crippen molar-refractivity contribution in [2.45, 2.75) is 26.9 Å². The van der Waals surface area contributed by atoms with Crippen molar-refractivity contribution in [1.82, 2.24) is 4.98 Å². The van der Waals surface area contributed by atoms with E-state index >= 15 is 0 Å². The van der Waals surface area contributed by atoms with Gasteiger partial charge in [-0.05, 0) is 62.2 Å². The van der Waals surface area contributed by atoms with E-state index in [4.69, 9.17) is 4.74 Å². The molecule has 0 radical (unpaired) electrons. The lowest BCUT2D eigenvalue weighted by molar-refractivity contribution is -0.123. The van der Waals surface area contributed by atoms with Gasteiger partial charge in [0.05, 0.1) is 15.8 Å². The molecule has 1 atom stereocenters. The standard InChI is InChI=1S/C25H22N2O3S/c1-15-12-13-18(14-16(15)2)26-23(28)17(3)30-25(29)20-9-5-4-8-19(20)24-27-21-10-6-7-11-22(21)31-24/h4-14,17H,1-3H3,(H,26,28). The number of nitrogens with zero attached hydrogens (tertiary/aromatic N) is 1. The minimum atomic E-state index is -0.947. The number of ether oxygens (including phenoxy) is 1. The Kier molecular flexibility index (Phi) is 5.82. The molecule has 6 heteroatoms. The minimum Gasteiger partial charge on any atom is -0.449 e. The van der Waals surface area contributed by atoms with E-state index in [2.05, 4.69) is 10.3 Å². The Hall–Kier alpha value is -3.51. The van der Waals surface area contributed by atoms with Gasteiger partial charge >= 0.3 is 5.97 Å². The summed E-state index contributed by atoms with van der Waals surface area (Å²) in [5.74, 6) is -0.938. The number of carbonyl (C=O) groups excluding carboxylic acids is 2. The van der Waals surface area contributed by atoms with Gasteiger partial charge in [0, 0.05) is 11.3 Å². The number of rotatable bonds is 5. The number of nitrogens with one attached hydrogen (secondary N) is 1. The SMILES string of the molecule is Cc1ccc(NC(=O)C(C)OC(=O)c2ccccc2-c2nc3ccccc3s2)cc1C. The third kappa shape index (κ3) is 4.49. The first-order valence-electron chi connectivity index (χ1n) is 9.96. The molecule has 0 bridgehead atoms. The third-order valence-corrected chi connectivity index (χ3v) is 6.17. The Balaban J connectivity index is 1.52. The molecule has 31 heavy (non-hydrogen) atoms. The van der Waals surface area contributed by atoms with Gasteiger partial charge in [0.15, 0.2) is 6.10 Å². The van der Waals surface area contributed by atoms with Crippen LogP contribution in [0.15, 0.2) is 66.7 Å². The first-order chi connectivity index (χ1) is 14.9. The summed E-state index contributed by atoms with van der Waals surface area (Å²) in [6, 6.07) is 20.7. The highest BCUT2D eigenvalue weighted by atomic mass is 32.1. The first-order valence-corrected chi connectivity index (χ1v) is 10.8. The molecule has 1 amide bonds. The average molecular weight is 431 g/mol. The van der Waals surface area contributed by atoms with E-state index in [1.807, 2.05) is 68.4 Å². The van der Waals surface area contributed by atoms with Crippen LogP contribution >= 0.6 is 11.3 Å². The van der Waals surface area contributed by atoms with Gasteiger partial charge in [0.25, 0.3) is 5.91 Å². The van der Waals surface area contributed by atoms with Crippen molar-refractivity contribution in [2.75, 3.05) is 5.32 Å².